The first-order chi connectivity index (χ1) is 19.2. The second-order valence-electron chi connectivity index (χ2n) is 9.97. The lowest BCUT2D eigenvalue weighted by atomic mass is 9.97. The number of nitrogens with zero attached hydrogens (tertiary/aromatic N) is 3. The number of nitrogens with one attached hydrogen (secondary N) is 1. The van der Waals surface area contributed by atoms with Crippen LogP contribution in [0.1, 0.15) is 40.7 Å². The van der Waals surface area contributed by atoms with Crippen molar-refractivity contribution in [3.8, 4) is 0 Å². The molecule has 4 heterocycles. The molecule has 0 saturated carbocycles. The number of rotatable bonds is 11. The summed E-state index contributed by atoms with van der Waals surface area (Å²) < 4.78 is 37.7. The highest BCUT2D eigenvalue weighted by atomic mass is 32.2. The first-order valence-electron chi connectivity index (χ1n) is 13.1. The second-order valence-corrected chi connectivity index (χ2v) is 13.2. The molecule has 0 bridgehead atoms. The lowest BCUT2D eigenvalue weighted by molar-refractivity contribution is -0.118. The van der Waals surface area contributed by atoms with Gasteiger partial charge in [0.25, 0.3) is 5.91 Å². The molecule has 1 N–H and O–H groups in total. The molecule has 9 nitrogen and oxygen atoms in total. The fourth-order valence-corrected chi connectivity index (χ4v) is 7.32. The van der Waals surface area contributed by atoms with Gasteiger partial charge in [0.1, 0.15) is 15.8 Å². The Bertz CT molecular complexity index is 1530. The fourth-order valence-electron chi connectivity index (χ4n) is 4.99. The van der Waals surface area contributed by atoms with Crippen molar-refractivity contribution in [2.24, 2.45) is 0 Å². The van der Waals surface area contributed by atoms with Crippen LogP contribution in [0, 0.1) is 5.13 Å². The maximum Gasteiger partial charge on any atom is 0.266 e. The second kappa shape index (κ2) is 11.9. The number of carbonyl (C=O) groups is 3. The van der Waals surface area contributed by atoms with Gasteiger partial charge in [-0.3, -0.25) is 14.4 Å². The molecule has 40 heavy (non-hydrogen) atoms. The van der Waals surface area contributed by atoms with Crippen molar-refractivity contribution in [2.75, 3.05) is 42.1 Å². The maximum absolute atomic E-state index is 13.2. The van der Waals surface area contributed by atoms with Crippen LogP contribution in [0.3, 0.4) is 0 Å². The van der Waals surface area contributed by atoms with Crippen molar-refractivity contribution >= 4 is 50.3 Å². The molecular weight excluding hydrogens is 555 g/mol. The minimum absolute atomic E-state index is 0.0491. The SMILES string of the molecule is O=C(Cc1ccc(N2C(=O)Cc3cc(NCCCN4CCCC4)ccc3C2=O)nc1)CS(=O)(=O)c1ccc(F)s1. The summed E-state index contributed by atoms with van der Waals surface area (Å²) in [4.78, 5) is 46.2. The van der Waals surface area contributed by atoms with Gasteiger partial charge in [-0.2, -0.15) is 4.39 Å². The summed E-state index contributed by atoms with van der Waals surface area (Å²) in [5, 5.41) is 2.74. The number of Topliss-reactive ketones (excluding diaryl/α,β-unsaturated/α-hetero) is 1. The number of hydrogen-bond donors (Lipinski definition) is 1. The van der Waals surface area contributed by atoms with Crippen LogP contribution >= 0.6 is 11.3 Å². The van der Waals surface area contributed by atoms with Gasteiger partial charge in [0.2, 0.25) is 5.91 Å². The summed E-state index contributed by atoms with van der Waals surface area (Å²) in [6.45, 7) is 4.19. The van der Waals surface area contributed by atoms with Crippen molar-refractivity contribution in [1.82, 2.24) is 9.88 Å². The summed E-state index contributed by atoms with van der Waals surface area (Å²) in [5.74, 6) is -2.10. The average Bonchev–Trinajstić information content (AvgIpc) is 3.59. The number of ketones is 1. The summed E-state index contributed by atoms with van der Waals surface area (Å²) in [7, 11) is -3.94. The standard InChI is InChI=1S/C28H29FN4O5S2/c29-24-7-9-27(39-24)40(37,38)18-22(34)14-19-4-8-25(31-17-19)33-26(35)16-20-15-21(5-6-23(20)28(33)36)30-10-3-13-32-11-1-2-12-32/h4-9,15,17,30H,1-3,10-14,16,18H2. The van der Waals surface area contributed by atoms with Gasteiger partial charge in [-0.1, -0.05) is 17.4 Å². The van der Waals surface area contributed by atoms with E-state index in [4.69, 9.17) is 0 Å². The molecule has 1 saturated heterocycles. The van der Waals surface area contributed by atoms with E-state index in [1.165, 1.54) is 44.3 Å². The van der Waals surface area contributed by atoms with E-state index >= 15 is 0 Å². The number of thiophene rings is 1. The van der Waals surface area contributed by atoms with Crippen LogP contribution in [0.25, 0.3) is 0 Å². The molecule has 0 unspecified atom stereocenters. The van der Waals surface area contributed by atoms with Crippen molar-refractivity contribution in [2.45, 2.75) is 36.3 Å². The van der Waals surface area contributed by atoms with E-state index in [0.717, 1.165) is 42.2 Å². The number of hydrogen-bond acceptors (Lipinski definition) is 9. The summed E-state index contributed by atoms with van der Waals surface area (Å²) in [5.41, 5.74) is 2.38. The lowest BCUT2D eigenvalue weighted by Crippen LogP contribution is -2.43. The normalized spacial score (nSPS) is 15.9. The number of benzene rings is 1. The van der Waals surface area contributed by atoms with E-state index in [2.05, 4.69) is 15.2 Å². The lowest BCUT2D eigenvalue weighted by Gasteiger charge is -2.26. The average molecular weight is 585 g/mol. The molecule has 1 aromatic carbocycles. The molecule has 210 valence electrons. The number of aromatic nitrogens is 1. The largest absolute Gasteiger partial charge is 0.385 e. The van der Waals surface area contributed by atoms with Gasteiger partial charge >= 0.3 is 0 Å². The molecule has 2 aromatic heterocycles. The van der Waals surface area contributed by atoms with E-state index in [1.807, 2.05) is 12.1 Å². The van der Waals surface area contributed by atoms with E-state index in [1.54, 1.807) is 6.07 Å². The Morgan fingerprint density at radius 2 is 1.88 bits per heavy atom. The van der Waals surface area contributed by atoms with Crippen molar-refractivity contribution < 1.29 is 27.2 Å². The minimum atomic E-state index is -3.94. The van der Waals surface area contributed by atoms with E-state index in [0.29, 0.717) is 28.0 Å². The van der Waals surface area contributed by atoms with Crippen LogP contribution < -0.4 is 10.2 Å². The van der Waals surface area contributed by atoms with E-state index in [-0.39, 0.29) is 22.9 Å². The third-order valence-electron chi connectivity index (χ3n) is 6.95. The molecule has 2 aliphatic rings. The highest BCUT2D eigenvalue weighted by Gasteiger charge is 2.33. The molecule has 0 radical (unpaired) electrons. The zero-order valence-corrected chi connectivity index (χ0v) is 23.4. The Morgan fingerprint density at radius 3 is 2.58 bits per heavy atom. The highest BCUT2D eigenvalue weighted by Crippen LogP contribution is 2.27. The van der Waals surface area contributed by atoms with Crippen LogP contribution in [0.2, 0.25) is 0 Å². The van der Waals surface area contributed by atoms with Gasteiger partial charge < -0.3 is 10.2 Å². The van der Waals surface area contributed by atoms with Crippen molar-refractivity contribution in [3.63, 3.8) is 0 Å². The van der Waals surface area contributed by atoms with E-state index in [9.17, 15) is 27.2 Å². The third kappa shape index (κ3) is 6.45. The first-order valence-corrected chi connectivity index (χ1v) is 15.6. The molecule has 0 aliphatic carbocycles. The van der Waals surface area contributed by atoms with Gasteiger partial charge in [-0.25, -0.2) is 18.3 Å². The number of anilines is 2. The van der Waals surface area contributed by atoms with Crippen LogP contribution in [-0.4, -0.2) is 67.8 Å². The van der Waals surface area contributed by atoms with Crippen molar-refractivity contribution in [1.29, 1.82) is 0 Å². The molecule has 0 atom stereocenters. The van der Waals surface area contributed by atoms with Crippen LogP contribution in [0.5, 0.6) is 0 Å². The number of pyridine rings is 1. The third-order valence-corrected chi connectivity index (χ3v) is 10.1. The Hall–Kier alpha value is -3.48. The van der Waals surface area contributed by atoms with Crippen LogP contribution in [0.15, 0.2) is 52.9 Å². The smallest absolute Gasteiger partial charge is 0.266 e. The Morgan fingerprint density at radius 1 is 1.07 bits per heavy atom. The summed E-state index contributed by atoms with van der Waals surface area (Å²) in [6.07, 6.45) is 4.73. The van der Waals surface area contributed by atoms with Gasteiger partial charge in [0.05, 0.1) is 6.42 Å². The van der Waals surface area contributed by atoms with Gasteiger partial charge in [0.15, 0.2) is 20.8 Å². The quantitative estimate of drug-likeness (QED) is 0.269. The predicted molar refractivity (Wildman–Crippen MR) is 150 cm³/mol. The number of carbonyl (C=O) groups excluding carboxylic acids is 3. The van der Waals surface area contributed by atoms with E-state index < -0.39 is 38.3 Å². The Labute approximate surface area is 235 Å². The van der Waals surface area contributed by atoms with Gasteiger partial charge in [-0.05, 0) is 86.4 Å². The highest BCUT2D eigenvalue weighted by molar-refractivity contribution is 7.94. The van der Waals surface area contributed by atoms with Crippen molar-refractivity contribution in [3.05, 3.63) is 70.5 Å². The number of sulfone groups is 1. The summed E-state index contributed by atoms with van der Waals surface area (Å²) in [6, 6.07) is 10.6. The Balaban J connectivity index is 1.19. The number of fused-ring (bicyclic) bond motifs is 1. The topological polar surface area (TPSA) is 117 Å². The molecular formula is C28H29FN4O5S2. The molecule has 12 heteroatoms. The van der Waals surface area contributed by atoms with Gasteiger partial charge in [0, 0.05) is 30.4 Å². The predicted octanol–water partition coefficient (Wildman–Crippen LogP) is 3.50. The molecule has 3 aromatic rings. The Kier molecular flexibility index (Phi) is 8.38. The van der Waals surface area contributed by atoms with Crippen LogP contribution in [-0.2, 0) is 32.3 Å². The molecule has 2 aliphatic heterocycles. The zero-order valence-electron chi connectivity index (χ0n) is 21.8. The molecule has 2 amide bonds. The van der Waals surface area contributed by atoms with Crippen LogP contribution in [0.4, 0.5) is 15.9 Å². The zero-order chi connectivity index (χ0) is 28.3. The number of halogens is 1. The molecule has 1 fully saturated rings. The van der Waals surface area contributed by atoms with Gasteiger partial charge in [-0.15, -0.1) is 0 Å². The molecule has 0 spiro atoms. The molecule has 5 rings (SSSR count). The fraction of sp³-hybridized carbons (Fsp3) is 0.357. The minimum Gasteiger partial charge on any atom is -0.385 e. The first kappa shape index (κ1) is 28.1. The number of imide groups is 1. The summed E-state index contributed by atoms with van der Waals surface area (Å²) >= 11 is 0.472. The number of amides is 2. The monoisotopic (exact) mass is 584 g/mol. The number of likely N-dealkylation sites (tertiary alicyclic amines) is 1. The maximum atomic E-state index is 13.2.